The second-order valence-corrected chi connectivity index (χ2v) is 7.79. The summed E-state index contributed by atoms with van der Waals surface area (Å²) in [6.07, 6.45) is 3.81. The summed E-state index contributed by atoms with van der Waals surface area (Å²) in [6, 6.07) is 13.7. The second-order valence-electron chi connectivity index (χ2n) is 7.36. The van der Waals surface area contributed by atoms with Gasteiger partial charge in [-0.2, -0.15) is 0 Å². The zero-order valence-corrected chi connectivity index (χ0v) is 17.9. The van der Waals surface area contributed by atoms with Crippen molar-refractivity contribution in [1.29, 1.82) is 0 Å². The van der Waals surface area contributed by atoms with Crippen LogP contribution in [0.4, 0.5) is 0 Å². The molecule has 0 saturated heterocycles. The third-order valence-corrected chi connectivity index (χ3v) is 5.42. The van der Waals surface area contributed by atoms with Gasteiger partial charge < -0.3 is 15.6 Å². The van der Waals surface area contributed by atoms with Crippen molar-refractivity contribution in [2.75, 3.05) is 13.1 Å². The zero-order chi connectivity index (χ0) is 21.5. The van der Waals surface area contributed by atoms with E-state index in [1.807, 2.05) is 13.0 Å². The number of benzene rings is 2. The number of hydrogen-bond donors (Lipinski definition) is 2. The molecule has 2 aromatic carbocycles. The van der Waals surface area contributed by atoms with E-state index in [2.05, 4.69) is 9.97 Å². The van der Waals surface area contributed by atoms with Crippen LogP contribution >= 0.6 is 11.6 Å². The number of nitrogens with zero attached hydrogens (tertiary/aromatic N) is 2. The van der Waals surface area contributed by atoms with E-state index >= 15 is 0 Å². The summed E-state index contributed by atoms with van der Waals surface area (Å²) >= 11 is 6.10. The number of H-pyrrole nitrogens is 1. The van der Waals surface area contributed by atoms with E-state index in [0.717, 1.165) is 25.7 Å². The van der Waals surface area contributed by atoms with Crippen LogP contribution in [-0.2, 0) is 0 Å². The highest BCUT2D eigenvalue weighted by atomic mass is 35.5. The first-order valence-corrected chi connectivity index (χ1v) is 10.6. The molecule has 1 atom stereocenters. The zero-order valence-electron chi connectivity index (χ0n) is 17.1. The number of nitrogens with one attached hydrogen (secondary N) is 1. The van der Waals surface area contributed by atoms with Gasteiger partial charge in [0.15, 0.2) is 0 Å². The molecule has 0 aliphatic heterocycles. The highest BCUT2D eigenvalue weighted by Crippen LogP contribution is 2.22. The van der Waals surface area contributed by atoms with Crippen LogP contribution in [-0.4, -0.2) is 33.9 Å². The van der Waals surface area contributed by atoms with Gasteiger partial charge in [0.2, 0.25) is 0 Å². The van der Waals surface area contributed by atoms with Crippen molar-refractivity contribution in [2.24, 2.45) is 5.73 Å². The quantitative estimate of drug-likeness (QED) is 0.499. The van der Waals surface area contributed by atoms with E-state index in [1.165, 1.54) is 0 Å². The summed E-state index contributed by atoms with van der Waals surface area (Å²) in [5.74, 6) is 0.329. The average Bonchev–Trinajstić information content (AvgIpc) is 2.75. The molecule has 0 aliphatic rings. The molecule has 3 rings (SSSR count). The van der Waals surface area contributed by atoms with Gasteiger partial charge in [-0.1, -0.05) is 42.6 Å². The molecule has 0 fully saturated rings. The molecule has 7 heteroatoms. The summed E-state index contributed by atoms with van der Waals surface area (Å²) in [7, 11) is 0. The predicted octanol–water partition coefficient (Wildman–Crippen LogP) is 4.30. The number of para-hydroxylation sites is 1. The molecular formula is C23H27ClN4O2. The van der Waals surface area contributed by atoms with Crippen molar-refractivity contribution in [3.8, 4) is 0 Å². The van der Waals surface area contributed by atoms with Gasteiger partial charge in [-0.05, 0) is 56.6 Å². The summed E-state index contributed by atoms with van der Waals surface area (Å²) in [5, 5.41) is 1.04. The van der Waals surface area contributed by atoms with Crippen LogP contribution in [0.3, 0.4) is 0 Å². The minimum atomic E-state index is -0.400. The number of carbonyl (C=O) groups is 1. The van der Waals surface area contributed by atoms with Gasteiger partial charge in [0.25, 0.3) is 11.5 Å². The van der Waals surface area contributed by atoms with E-state index < -0.39 is 6.04 Å². The van der Waals surface area contributed by atoms with Gasteiger partial charge in [-0.3, -0.25) is 9.59 Å². The smallest absolute Gasteiger partial charge is 0.258 e. The molecule has 0 bridgehead atoms. The molecule has 0 unspecified atom stereocenters. The molecule has 30 heavy (non-hydrogen) atoms. The Morgan fingerprint density at radius 2 is 1.90 bits per heavy atom. The molecule has 1 heterocycles. The molecule has 1 amide bonds. The maximum atomic E-state index is 13.3. The van der Waals surface area contributed by atoms with Crippen molar-refractivity contribution in [3.63, 3.8) is 0 Å². The number of aromatic nitrogens is 2. The molecule has 1 aromatic heterocycles. The van der Waals surface area contributed by atoms with Gasteiger partial charge in [-0.15, -0.1) is 0 Å². The minimum absolute atomic E-state index is 0.139. The highest BCUT2D eigenvalue weighted by molar-refractivity contribution is 6.30. The molecule has 0 saturated carbocycles. The average molecular weight is 427 g/mol. The maximum Gasteiger partial charge on any atom is 0.258 e. The largest absolute Gasteiger partial charge is 0.330 e. The van der Waals surface area contributed by atoms with E-state index in [1.54, 1.807) is 47.4 Å². The lowest BCUT2D eigenvalue weighted by Crippen LogP contribution is -2.36. The number of halogens is 1. The number of hydrogen-bond acceptors (Lipinski definition) is 4. The van der Waals surface area contributed by atoms with Crippen LogP contribution < -0.4 is 11.3 Å². The molecule has 0 aliphatic carbocycles. The maximum absolute atomic E-state index is 13.3. The molecule has 3 aromatic rings. The van der Waals surface area contributed by atoms with Crippen molar-refractivity contribution < 1.29 is 4.79 Å². The fourth-order valence-corrected chi connectivity index (χ4v) is 3.68. The third kappa shape index (κ3) is 5.26. The number of unbranched alkanes of at least 4 members (excludes halogenated alkanes) is 3. The van der Waals surface area contributed by atoms with Crippen LogP contribution in [0, 0.1) is 0 Å². The number of amides is 1. The highest BCUT2D eigenvalue weighted by Gasteiger charge is 2.24. The molecule has 0 radical (unpaired) electrons. The van der Waals surface area contributed by atoms with Gasteiger partial charge >= 0.3 is 0 Å². The van der Waals surface area contributed by atoms with E-state index in [9.17, 15) is 9.59 Å². The number of carbonyl (C=O) groups excluding carboxylic acids is 1. The monoisotopic (exact) mass is 426 g/mol. The van der Waals surface area contributed by atoms with Crippen LogP contribution in [0.15, 0.2) is 53.3 Å². The summed E-state index contributed by atoms with van der Waals surface area (Å²) in [5.41, 5.74) is 6.49. The minimum Gasteiger partial charge on any atom is -0.330 e. The lowest BCUT2D eigenvalue weighted by molar-refractivity contribution is 0.0679. The van der Waals surface area contributed by atoms with Gasteiger partial charge in [0.05, 0.1) is 16.9 Å². The number of nitrogens with two attached hydrogens (primary N) is 1. The van der Waals surface area contributed by atoms with Gasteiger partial charge in [0, 0.05) is 17.1 Å². The van der Waals surface area contributed by atoms with Crippen molar-refractivity contribution >= 4 is 28.4 Å². The number of aromatic amines is 1. The van der Waals surface area contributed by atoms with Crippen LogP contribution in [0.5, 0.6) is 0 Å². The Hall–Kier alpha value is -2.70. The molecule has 158 valence electrons. The Bertz CT molecular complexity index is 1070. The summed E-state index contributed by atoms with van der Waals surface area (Å²) in [6.45, 7) is 3.10. The topological polar surface area (TPSA) is 92.1 Å². The van der Waals surface area contributed by atoms with E-state index in [4.69, 9.17) is 17.3 Å². The Morgan fingerprint density at radius 3 is 2.67 bits per heavy atom. The fourth-order valence-electron chi connectivity index (χ4n) is 3.49. The second kappa shape index (κ2) is 10.4. The number of rotatable bonds is 9. The SMILES string of the molecule is C[C@@H](c1nc2ccccc2c(=O)[nH]1)N(CCCCCCN)C(=O)c1cccc(Cl)c1. The van der Waals surface area contributed by atoms with Crippen molar-refractivity contribution in [2.45, 2.75) is 38.6 Å². The molecule has 6 nitrogen and oxygen atoms in total. The Labute approximate surface area is 181 Å². The van der Waals surface area contributed by atoms with Crippen molar-refractivity contribution in [3.05, 3.63) is 75.3 Å². The normalized spacial score (nSPS) is 12.1. The van der Waals surface area contributed by atoms with Crippen molar-refractivity contribution in [1.82, 2.24) is 14.9 Å². The summed E-state index contributed by atoms with van der Waals surface area (Å²) in [4.78, 5) is 35.0. The standard InChI is InChI=1S/C23H27ClN4O2/c1-16(21-26-20-12-5-4-11-19(20)22(29)27-21)28(14-7-3-2-6-13-25)23(30)17-9-8-10-18(24)15-17/h4-5,8-12,15-16H,2-3,6-7,13-14,25H2,1H3,(H,26,27,29)/t16-/m0/s1. The lowest BCUT2D eigenvalue weighted by Gasteiger charge is -2.29. The van der Waals surface area contributed by atoms with Gasteiger partial charge in [-0.25, -0.2) is 4.98 Å². The predicted molar refractivity (Wildman–Crippen MR) is 121 cm³/mol. The first kappa shape index (κ1) is 22.0. The first-order valence-electron chi connectivity index (χ1n) is 10.3. The Kier molecular flexibility index (Phi) is 7.60. The Balaban J connectivity index is 1.90. The Morgan fingerprint density at radius 1 is 1.13 bits per heavy atom. The van der Waals surface area contributed by atoms with Gasteiger partial charge in [0.1, 0.15) is 5.82 Å². The molecular weight excluding hydrogens is 400 g/mol. The first-order chi connectivity index (χ1) is 14.5. The fraction of sp³-hybridized carbons (Fsp3) is 0.348. The molecule has 3 N–H and O–H groups in total. The van der Waals surface area contributed by atoms with E-state index in [0.29, 0.717) is 40.4 Å². The molecule has 0 spiro atoms. The third-order valence-electron chi connectivity index (χ3n) is 5.18. The van der Waals surface area contributed by atoms with Crippen LogP contribution in [0.2, 0.25) is 5.02 Å². The lowest BCUT2D eigenvalue weighted by atomic mass is 10.1. The van der Waals surface area contributed by atoms with Crippen LogP contribution in [0.25, 0.3) is 10.9 Å². The van der Waals surface area contributed by atoms with E-state index in [-0.39, 0.29) is 11.5 Å². The van der Waals surface area contributed by atoms with Crippen LogP contribution in [0.1, 0.15) is 54.8 Å². The summed E-state index contributed by atoms with van der Waals surface area (Å²) < 4.78 is 0. The number of fused-ring (bicyclic) bond motifs is 1.